The van der Waals surface area contributed by atoms with Crippen molar-refractivity contribution < 1.29 is 23.1 Å². The predicted molar refractivity (Wildman–Crippen MR) is 108 cm³/mol. The Bertz CT molecular complexity index is 901. The summed E-state index contributed by atoms with van der Waals surface area (Å²) in [5.41, 5.74) is 0.363. The lowest BCUT2D eigenvalue weighted by Gasteiger charge is -2.37. The Balaban J connectivity index is 1.84. The molecule has 0 saturated carbocycles. The summed E-state index contributed by atoms with van der Waals surface area (Å²) in [5, 5.41) is 5.35. The average Bonchev–Trinajstić information content (AvgIpc) is 2.66. The van der Waals surface area contributed by atoms with E-state index in [0.29, 0.717) is 5.69 Å². The summed E-state index contributed by atoms with van der Waals surface area (Å²) in [6, 6.07) is 7.77. The van der Waals surface area contributed by atoms with Crippen molar-refractivity contribution in [2.45, 2.75) is 18.4 Å². The van der Waals surface area contributed by atoms with E-state index in [0.717, 1.165) is 16.6 Å². The lowest BCUT2D eigenvalue weighted by Crippen LogP contribution is -2.52. The molecular weight excluding hydrogens is 448 g/mol. The van der Waals surface area contributed by atoms with Crippen LogP contribution in [-0.4, -0.2) is 43.6 Å². The fourth-order valence-corrected chi connectivity index (χ4v) is 3.62. The Kier molecular flexibility index (Phi) is 6.36. The van der Waals surface area contributed by atoms with Crippen LogP contribution in [0.1, 0.15) is 17.9 Å². The number of methoxy groups -OCH3 is 1. The molecule has 1 aliphatic heterocycles. The van der Waals surface area contributed by atoms with Crippen LogP contribution in [0, 0.1) is 11.6 Å². The molecule has 3 amide bonds. The topological polar surface area (TPSA) is 70.7 Å². The molecule has 1 aliphatic rings. The van der Waals surface area contributed by atoms with E-state index >= 15 is 0 Å². The summed E-state index contributed by atoms with van der Waals surface area (Å²) in [4.78, 5) is 26.0. The molecule has 29 heavy (non-hydrogen) atoms. The monoisotopic (exact) mass is 467 g/mol. The van der Waals surface area contributed by atoms with Crippen molar-refractivity contribution in [1.29, 1.82) is 0 Å². The molecule has 9 heteroatoms. The summed E-state index contributed by atoms with van der Waals surface area (Å²) in [6.45, 7) is 0.0717. The first-order valence-electron chi connectivity index (χ1n) is 8.88. The van der Waals surface area contributed by atoms with Gasteiger partial charge in [0.25, 0.3) is 0 Å². The van der Waals surface area contributed by atoms with E-state index in [1.54, 1.807) is 31.3 Å². The van der Waals surface area contributed by atoms with Gasteiger partial charge in [0.2, 0.25) is 5.91 Å². The maximum atomic E-state index is 14.6. The van der Waals surface area contributed by atoms with Crippen LogP contribution in [0.15, 0.2) is 40.9 Å². The predicted octanol–water partition coefficient (Wildman–Crippen LogP) is 3.87. The highest BCUT2D eigenvalue weighted by Crippen LogP contribution is 2.33. The number of anilines is 1. The molecule has 2 aromatic carbocycles. The van der Waals surface area contributed by atoms with Crippen LogP contribution in [-0.2, 0) is 4.79 Å². The third-order valence-electron chi connectivity index (χ3n) is 4.85. The molecule has 2 N–H and O–H groups in total. The standard InChI is InChI=1S/C20H20BrF2N3O3/c1-26-10-14(19-15(22)7-13(29-2)8-16(19)23)17(9-18(26)27)25-20(28)24-12-5-3-11(21)4-6-12/h3-8,14,17H,9-10H2,1-2H3,(H2,24,25,28). The smallest absolute Gasteiger partial charge is 0.319 e. The van der Waals surface area contributed by atoms with Crippen LogP contribution in [0.4, 0.5) is 19.3 Å². The van der Waals surface area contributed by atoms with Crippen molar-refractivity contribution in [2.75, 3.05) is 26.0 Å². The van der Waals surface area contributed by atoms with Crippen LogP contribution < -0.4 is 15.4 Å². The summed E-state index contributed by atoms with van der Waals surface area (Å²) in [6.07, 6.45) is -0.0696. The van der Waals surface area contributed by atoms with Gasteiger partial charge in [0.1, 0.15) is 17.4 Å². The maximum Gasteiger partial charge on any atom is 0.319 e. The summed E-state index contributed by atoms with van der Waals surface area (Å²) >= 11 is 3.31. The lowest BCUT2D eigenvalue weighted by molar-refractivity contribution is -0.133. The van der Waals surface area contributed by atoms with Crippen molar-refractivity contribution in [1.82, 2.24) is 10.2 Å². The Morgan fingerprint density at radius 2 is 1.83 bits per heavy atom. The fraction of sp³-hybridized carbons (Fsp3) is 0.300. The minimum Gasteiger partial charge on any atom is -0.497 e. The molecule has 0 bridgehead atoms. The molecule has 0 radical (unpaired) electrons. The quantitative estimate of drug-likeness (QED) is 0.716. The Morgan fingerprint density at radius 3 is 2.41 bits per heavy atom. The minimum atomic E-state index is -0.783. The van der Waals surface area contributed by atoms with Crippen molar-refractivity contribution in [3.8, 4) is 5.75 Å². The molecule has 1 fully saturated rings. The average molecular weight is 468 g/mol. The molecule has 3 rings (SSSR count). The van der Waals surface area contributed by atoms with Crippen LogP contribution in [0.3, 0.4) is 0 Å². The Morgan fingerprint density at radius 1 is 1.21 bits per heavy atom. The Labute approximate surface area is 175 Å². The van der Waals surface area contributed by atoms with Gasteiger partial charge in [-0.3, -0.25) is 4.79 Å². The first kappa shape index (κ1) is 21.0. The first-order valence-corrected chi connectivity index (χ1v) is 9.67. The molecule has 2 atom stereocenters. The number of urea groups is 1. The Hall–Kier alpha value is -2.68. The maximum absolute atomic E-state index is 14.6. The van der Waals surface area contributed by atoms with Gasteiger partial charge in [0.15, 0.2) is 0 Å². The number of hydrogen-bond donors (Lipinski definition) is 2. The third-order valence-corrected chi connectivity index (χ3v) is 5.38. The number of benzene rings is 2. The van der Waals surface area contributed by atoms with Crippen LogP contribution in [0.25, 0.3) is 0 Å². The molecule has 154 valence electrons. The number of nitrogens with zero attached hydrogens (tertiary/aromatic N) is 1. The number of piperidine rings is 1. The zero-order chi connectivity index (χ0) is 21.1. The summed E-state index contributed by atoms with van der Waals surface area (Å²) in [5.74, 6) is -2.48. The molecule has 2 aromatic rings. The lowest BCUT2D eigenvalue weighted by atomic mass is 9.85. The van der Waals surface area contributed by atoms with Crippen LogP contribution in [0.5, 0.6) is 5.75 Å². The highest BCUT2D eigenvalue weighted by molar-refractivity contribution is 9.10. The van der Waals surface area contributed by atoms with E-state index in [-0.39, 0.29) is 30.2 Å². The van der Waals surface area contributed by atoms with Gasteiger partial charge in [-0.25, -0.2) is 13.6 Å². The van der Waals surface area contributed by atoms with Crippen molar-refractivity contribution in [3.05, 3.63) is 58.1 Å². The van der Waals surface area contributed by atoms with Crippen molar-refractivity contribution >= 4 is 33.6 Å². The van der Waals surface area contributed by atoms with Crippen molar-refractivity contribution in [3.63, 3.8) is 0 Å². The van der Waals surface area contributed by atoms with Crippen LogP contribution >= 0.6 is 15.9 Å². The number of nitrogens with one attached hydrogen (secondary N) is 2. The zero-order valence-corrected chi connectivity index (χ0v) is 17.4. The van der Waals surface area contributed by atoms with Gasteiger partial charge in [-0.15, -0.1) is 0 Å². The number of halogens is 3. The summed E-state index contributed by atoms with van der Waals surface area (Å²) < 4.78 is 35.0. The number of likely N-dealkylation sites (tertiary alicyclic amines) is 1. The van der Waals surface area contributed by atoms with E-state index in [1.165, 1.54) is 12.0 Å². The van der Waals surface area contributed by atoms with Gasteiger partial charge in [-0.1, -0.05) is 15.9 Å². The van der Waals surface area contributed by atoms with Gasteiger partial charge in [-0.05, 0) is 24.3 Å². The highest BCUT2D eigenvalue weighted by Gasteiger charge is 2.37. The number of amides is 3. The van der Waals surface area contributed by atoms with Crippen molar-refractivity contribution in [2.24, 2.45) is 0 Å². The molecule has 1 heterocycles. The third kappa shape index (κ3) is 4.84. The van der Waals surface area contributed by atoms with Gasteiger partial charge in [0, 0.05) is 59.8 Å². The van der Waals surface area contributed by atoms with E-state index in [2.05, 4.69) is 26.6 Å². The van der Waals surface area contributed by atoms with E-state index < -0.39 is 29.6 Å². The molecular formula is C20H20BrF2N3O3. The minimum absolute atomic E-state index is 0.0569. The van der Waals surface area contributed by atoms with Gasteiger partial charge < -0.3 is 20.3 Å². The van der Waals surface area contributed by atoms with E-state index in [1.807, 2.05) is 0 Å². The molecule has 0 aromatic heterocycles. The number of ether oxygens (including phenoxy) is 1. The summed E-state index contributed by atoms with van der Waals surface area (Å²) in [7, 11) is 2.88. The second-order valence-electron chi connectivity index (χ2n) is 6.80. The second-order valence-corrected chi connectivity index (χ2v) is 7.72. The van der Waals surface area contributed by atoms with E-state index in [4.69, 9.17) is 4.74 Å². The number of likely N-dealkylation sites (N-methyl/N-ethyl adjacent to an activating group) is 1. The highest BCUT2D eigenvalue weighted by atomic mass is 79.9. The normalized spacial score (nSPS) is 19.1. The zero-order valence-electron chi connectivity index (χ0n) is 15.8. The number of carbonyl (C=O) groups is 2. The largest absolute Gasteiger partial charge is 0.497 e. The second kappa shape index (κ2) is 8.77. The number of hydrogen-bond acceptors (Lipinski definition) is 3. The molecule has 6 nitrogen and oxygen atoms in total. The molecule has 1 saturated heterocycles. The van der Waals surface area contributed by atoms with Crippen LogP contribution in [0.2, 0.25) is 0 Å². The van der Waals surface area contributed by atoms with E-state index in [9.17, 15) is 18.4 Å². The fourth-order valence-electron chi connectivity index (χ4n) is 3.36. The molecule has 2 unspecified atom stereocenters. The van der Waals surface area contributed by atoms with Gasteiger partial charge in [-0.2, -0.15) is 0 Å². The van der Waals surface area contributed by atoms with Gasteiger partial charge in [0.05, 0.1) is 7.11 Å². The van der Waals surface area contributed by atoms with Gasteiger partial charge >= 0.3 is 6.03 Å². The SMILES string of the molecule is COc1cc(F)c(C2CN(C)C(=O)CC2NC(=O)Nc2ccc(Br)cc2)c(F)c1. The molecule has 0 aliphatic carbocycles. The number of carbonyl (C=O) groups excluding carboxylic acids is 2. The first-order chi connectivity index (χ1) is 13.8. The number of rotatable bonds is 4. The molecule has 0 spiro atoms.